The number of carbonyl (C=O) groups is 2. The number of benzene rings is 2. The Morgan fingerprint density at radius 3 is 2.39 bits per heavy atom. The van der Waals surface area contributed by atoms with Crippen LogP contribution in [0.5, 0.6) is 0 Å². The molecule has 0 saturated carbocycles. The van der Waals surface area contributed by atoms with Gasteiger partial charge in [-0.1, -0.05) is 32.4 Å². The summed E-state index contributed by atoms with van der Waals surface area (Å²) >= 11 is 0. The summed E-state index contributed by atoms with van der Waals surface area (Å²) in [4.78, 5) is 26.3. The molecule has 5 rings (SSSR count). The van der Waals surface area contributed by atoms with Crippen LogP contribution in [0.2, 0.25) is 0 Å². The maximum atomic E-state index is 11.9. The molecule has 1 N–H and O–H groups in total. The predicted molar refractivity (Wildman–Crippen MR) is 139 cm³/mol. The molecule has 0 aliphatic carbocycles. The molecule has 3 heterocycles. The molecule has 0 aromatic heterocycles. The van der Waals surface area contributed by atoms with Gasteiger partial charge in [-0.15, -0.1) is 0 Å². The minimum absolute atomic E-state index is 0.179. The minimum atomic E-state index is -0.190. The summed E-state index contributed by atoms with van der Waals surface area (Å²) in [5.41, 5.74) is 9.14. The summed E-state index contributed by atoms with van der Waals surface area (Å²) < 4.78 is 10.5. The lowest BCUT2D eigenvalue weighted by Crippen LogP contribution is -2.36. The molecule has 2 aromatic carbocycles. The fourth-order valence-electron chi connectivity index (χ4n) is 6.13. The second-order valence-electron chi connectivity index (χ2n) is 11.0. The normalized spacial score (nSPS) is 21.0. The van der Waals surface area contributed by atoms with Gasteiger partial charge in [-0.05, 0) is 85.5 Å². The molecule has 1 fully saturated rings. The zero-order valence-electron chi connectivity index (χ0n) is 21.9. The predicted octanol–water partition coefficient (Wildman–Crippen LogP) is 4.38. The summed E-state index contributed by atoms with van der Waals surface area (Å²) in [5.74, 6) is -0.370. The molecule has 1 atom stereocenters. The van der Waals surface area contributed by atoms with Gasteiger partial charge < -0.3 is 19.7 Å². The molecule has 6 nitrogen and oxygen atoms in total. The highest BCUT2D eigenvalue weighted by Crippen LogP contribution is 2.31. The van der Waals surface area contributed by atoms with Crippen LogP contribution in [0.15, 0.2) is 24.3 Å². The van der Waals surface area contributed by atoms with Crippen LogP contribution in [-0.4, -0.2) is 49.6 Å². The molecule has 0 amide bonds. The highest BCUT2D eigenvalue weighted by Gasteiger charge is 2.33. The van der Waals surface area contributed by atoms with E-state index < -0.39 is 0 Å². The molecule has 3 aliphatic rings. The van der Waals surface area contributed by atoms with Gasteiger partial charge >= 0.3 is 11.9 Å². The van der Waals surface area contributed by atoms with Crippen LogP contribution in [0.25, 0.3) is 0 Å². The maximum absolute atomic E-state index is 11.9. The second kappa shape index (κ2) is 10.3. The van der Waals surface area contributed by atoms with Crippen molar-refractivity contribution in [1.82, 2.24) is 10.2 Å². The standard InChI is InChI=1S/C30H38N2O4/c1-4-5-23-22(7-9-25-27(23)17-36-29(25)34)10-13-31-18-30(3)12-15-32(19-30)14-11-21-6-8-24-26(20(21)2)16-35-28(24)33/h6-9,31H,4-5,10-19H2,1-3H3. The van der Waals surface area contributed by atoms with E-state index in [-0.39, 0.29) is 17.4 Å². The van der Waals surface area contributed by atoms with E-state index in [1.807, 2.05) is 12.1 Å². The summed E-state index contributed by atoms with van der Waals surface area (Å²) in [6, 6.07) is 8.11. The summed E-state index contributed by atoms with van der Waals surface area (Å²) in [6.07, 6.45) is 5.23. The van der Waals surface area contributed by atoms with E-state index in [4.69, 9.17) is 9.47 Å². The quantitative estimate of drug-likeness (QED) is 0.394. The van der Waals surface area contributed by atoms with E-state index in [0.717, 1.165) is 80.7 Å². The molecule has 6 heteroatoms. The van der Waals surface area contributed by atoms with Gasteiger partial charge in [-0.3, -0.25) is 0 Å². The van der Waals surface area contributed by atoms with Crippen LogP contribution in [-0.2, 0) is 41.9 Å². The van der Waals surface area contributed by atoms with Gasteiger partial charge in [0.05, 0.1) is 11.1 Å². The van der Waals surface area contributed by atoms with Crippen molar-refractivity contribution >= 4 is 11.9 Å². The maximum Gasteiger partial charge on any atom is 0.338 e. The molecule has 36 heavy (non-hydrogen) atoms. The van der Waals surface area contributed by atoms with E-state index in [1.54, 1.807) is 0 Å². The van der Waals surface area contributed by atoms with Crippen molar-refractivity contribution in [3.05, 3.63) is 68.8 Å². The van der Waals surface area contributed by atoms with Crippen LogP contribution in [0.1, 0.15) is 80.8 Å². The van der Waals surface area contributed by atoms with Gasteiger partial charge in [0.15, 0.2) is 0 Å². The number of cyclic esters (lactones) is 2. The Balaban J connectivity index is 1.10. The zero-order chi connectivity index (χ0) is 25.3. The first kappa shape index (κ1) is 25.0. The summed E-state index contributed by atoms with van der Waals surface area (Å²) in [5, 5.41) is 3.73. The third kappa shape index (κ3) is 4.94. The number of hydrogen-bond donors (Lipinski definition) is 1. The Morgan fingerprint density at radius 1 is 0.944 bits per heavy atom. The van der Waals surface area contributed by atoms with E-state index in [0.29, 0.717) is 13.2 Å². The molecule has 0 bridgehead atoms. The minimum Gasteiger partial charge on any atom is -0.457 e. The number of carbonyl (C=O) groups excluding carboxylic acids is 2. The van der Waals surface area contributed by atoms with Crippen LogP contribution >= 0.6 is 0 Å². The molecule has 1 saturated heterocycles. The number of nitrogens with zero attached hydrogens (tertiary/aromatic N) is 1. The Kier molecular flexibility index (Phi) is 7.18. The van der Waals surface area contributed by atoms with Crippen molar-refractivity contribution in [2.24, 2.45) is 5.41 Å². The van der Waals surface area contributed by atoms with E-state index in [9.17, 15) is 9.59 Å². The third-order valence-corrected chi connectivity index (χ3v) is 8.33. The Bertz CT molecular complexity index is 1170. The van der Waals surface area contributed by atoms with Gasteiger partial charge in [0.2, 0.25) is 0 Å². The van der Waals surface area contributed by atoms with Crippen molar-refractivity contribution in [3.8, 4) is 0 Å². The monoisotopic (exact) mass is 490 g/mol. The van der Waals surface area contributed by atoms with Crippen LogP contribution in [0, 0.1) is 12.3 Å². The number of nitrogens with one attached hydrogen (secondary N) is 1. The van der Waals surface area contributed by atoms with Gasteiger partial charge in [-0.25, -0.2) is 9.59 Å². The number of fused-ring (bicyclic) bond motifs is 2. The van der Waals surface area contributed by atoms with E-state index >= 15 is 0 Å². The molecule has 3 aliphatic heterocycles. The average Bonchev–Trinajstić information content (AvgIpc) is 3.55. The number of esters is 2. The Hall–Kier alpha value is -2.70. The van der Waals surface area contributed by atoms with Gasteiger partial charge in [0, 0.05) is 30.8 Å². The number of hydrogen-bond acceptors (Lipinski definition) is 6. The van der Waals surface area contributed by atoms with Crippen molar-refractivity contribution in [2.75, 3.05) is 32.7 Å². The Morgan fingerprint density at radius 2 is 1.64 bits per heavy atom. The molecule has 0 spiro atoms. The van der Waals surface area contributed by atoms with Gasteiger partial charge in [0.1, 0.15) is 13.2 Å². The molecular formula is C30H38N2O4. The lowest BCUT2D eigenvalue weighted by atomic mass is 9.89. The van der Waals surface area contributed by atoms with Crippen molar-refractivity contribution in [1.29, 1.82) is 0 Å². The topological polar surface area (TPSA) is 67.9 Å². The Labute approximate surface area is 214 Å². The molecular weight excluding hydrogens is 452 g/mol. The first-order valence-corrected chi connectivity index (χ1v) is 13.4. The van der Waals surface area contributed by atoms with Crippen LogP contribution < -0.4 is 5.32 Å². The van der Waals surface area contributed by atoms with E-state index in [1.165, 1.54) is 28.7 Å². The fourth-order valence-corrected chi connectivity index (χ4v) is 6.13. The largest absolute Gasteiger partial charge is 0.457 e. The zero-order valence-corrected chi connectivity index (χ0v) is 21.9. The van der Waals surface area contributed by atoms with Crippen molar-refractivity contribution in [2.45, 2.75) is 66.1 Å². The highest BCUT2D eigenvalue weighted by atomic mass is 16.5. The highest BCUT2D eigenvalue weighted by molar-refractivity contribution is 5.94. The first-order valence-electron chi connectivity index (χ1n) is 13.4. The molecule has 1 unspecified atom stereocenters. The summed E-state index contributed by atoms with van der Waals surface area (Å²) in [6.45, 7) is 12.8. The fraction of sp³-hybridized carbons (Fsp3) is 0.533. The van der Waals surface area contributed by atoms with Gasteiger partial charge in [-0.2, -0.15) is 0 Å². The number of ether oxygens (including phenoxy) is 2. The van der Waals surface area contributed by atoms with Crippen molar-refractivity contribution < 1.29 is 19.1 Å². The van der Waals surface area contributed by atoms with E-state index in [2.05, 4.69) is 43.1 Å². The number of rotatable bonds is 10. The smallest absolute Gasteiger partial charge is 0.338 e. The molecule has 192 valence electrons. The van der Waals surface area contributed by atoms with Crippen molar-refractivity contribution in [3.63, 3.8) is 0 Å². The van der Waals surface area contributed by atoms with Crippen LogP contribution in [0.4, 0.5) is 0 Å². The lowest BCUT2D eigenvalue weighted by Gasteiger charge is -2.25. The SMILES string of the molecule is CCCc1c(CCNCC2(C)CCN(CCc3ccc4c(c3C)COC4=O)C2)ccc2c1COC2=O. The molecule has 2 aromatic rings. The number of likely N-dealkylation sites (tertiary alicyclic amines) is 1. The third-order valence-electron chi connectivity index (χ3n) is 8.33. The van der Waals surface area contributed by atoms with Gasteiger partial charge in [0.25, 0.3) is 0 Å². The second-order valence-corrected chi connectivity index (χ2v) is 11.0. The molecule has 0 radical (unpaired) electrons. The first-order chi connectivity index (χ1) is 17.4. The average molecular weight is 491 g/mol. The summed E-state index contributed by atoms with van der Waals surface area (Å²) in [7, 11) is 0. The lowest BCUT2D eigenvalue weighted by molar-refractivity contribution is 0.0526. The van der Waals surface area contributed by atoms with Crippen LogP contribution in [0.3, 0.4) is 0 Å².